The largest absolute Gasteiger partial charge is 0.319 e. The molecule has 4 heteroatoms. The van der Waals surface area contributed by atoms with Gasteiger partial charge in [-0.15, -0.1) is 0 Å². The minimum absolute atomic E-state index is 0.0410. The molecular weight excluding hydrogens is 258 g/mol. The van der Waals surface area contributed by atoms with Crippen LogP contribution in [0.15, 0.2) is 30.5 Å². The van der Waals surface area contributed by atoms with Gasteiger partial charge < -0.3 is 5.73 Å². The van der Waals surface area contributed by atoms with Crippen LogP contribution in [0.2, 0.25) is 5.02 Å². The average Bonchev–Trinajstić information content (AvgIpc) is 2.67. The van der Waals surface area contributed by atoms with Gasteiger partial charge in [-0.05, 0) is 16.5 Å². The van der Waals surface area contributed by atoms with Crippen molar-refractivity contribution < 1.29 is 0 Å². The Kier molecular flexibility index (Phi) is 3.70. The molecule has 1 atom stereocenters. The van der Waals surface area contributed by atoms with Crippen LogP contribution < -0.4 is 5.73 Å². The van der Waals surface area contributed by atoms with E-state index in [0.29, 0.717) is 5.02 Å². The maximum atomic E-state index is 6.41. The lowest BCUT2D eigenvalue weighted by Gasteiger charge is -2.26. The lowest BCUT2D eigenvalue weighted by atomic mass is 9.81. The summed E-state index contributed by atoms with van der Waals surface area (Å²) in [6, 6.07) is 7.97. The molecule has 0 radical (unpaired) electrons. The number of aryl methyl sites for hydroxylation is 1. The van der Waals surface area contributed by atoms with Gasteiger partial charge in [0.25, 0.3) is 0 Å². The molecule has 0 aliphatic rings. The van der Waals surface area contributed by atoms with Gasteiger partial charge in [0, 0.05) is 7.05 Å². The van der Waals surface area contributed by atoms with Gasteiger partial charge in [0.05, 0.1) is 23.0 Å². The van der Waals surface area contributed by atoms with Crippen LogP contribution in [-0.4, -0.2) is 9.78 Å². The van der Waals surface area contributed by atoms with Crippen LogP contribution >= 0.6 is 11.6 Å². The Morgan fingerprint density at radius 1 is 1.26 bits per heavy atom. The molecule has 0 amide bonds. The van der Waals surface area contributed by atoms with Gasteiger partial charge >= 0.3 is 0 Å². The number of halogens is 1. The fraction of sp³-hybridized carbons (Fsp3) is 0.400. The SMILES string of the molecule is Cn1ncc(Cl)c1C(N)c1ccccc1C(C)(C)C. The Hall–Kier alpha value is -1.32. The number of rotatable bonds is 2. The van der Waals surface area contributed by atoms with Crippen molar-refractivity contribution in [3.63, 3.8) is 0 Å². The quantitative estimate of drug-likeness (QED) is 0.914. The van der Waals surface area contributed by atoms with E-state index < -0.39 is 0 Å². The Labute approximate surface area is 119 Å². The molecular formula is C15H20ClN3. The maximum Gasteiger partial charge on any atom is 0.0837 e. The summed E-state index contributed by atoms with van der Waals surface area (Å²) in [6.07, 6.45) is 1.64. The van der Waals surface area contributed by atoms with Crippen molar-refractivity contribution in [2.24, 2.45) is 12.8 Å². The lowest BCUT2D eigenvalue weighted by molar-refractivity contribution is 0.572. The molecule has 1 unspecified atom stereocenters. The van der Waals surface area contributed by atoms with Crippen molar-refractivity contribution in [2.75, 3.05) is 0 Å². The smallest absolute Gasteiger partial charge is 0.0837 e. The summed E-state index contributed by atoms with van der Waals surface area (Å²) in [4.78, 5) is 0. The van der Waals surface area contributed by atoms with Crippen LogP contribution in [0.5, 0.6) is 0 Å². The van der Waals surface area contributed by atoms with Crippen LogP contribution in [0.4, 0.5) is 0 Å². The zero-order valence-electron chi connectivity index (χ0n) is 11.8. The highest BCUT2D eigenvalue weighted by Crippen LogP contribution is 2.33. The molecule has 1 aromatic heterocycles. The maximum absolute atomic E-state index is 6.41. The number of benzene rings is 1. The van der Waals surface area contributed by atoms with Crippen molar-refractivity contribution >= 4 is 11.6 Å². The summed E-state index contributed by atoms with van der Waals surface area (Å²) in [5.74, 6) is 0. The number of hydrogen-bond donors (Lipinski definition) is 1. The van der Waals surface area contributed by atoms with Gasteiger partial charge in [-0.3, -0.25) is 4.68 Å². The van der Waals surface area contributed by atoms with Gasteiger partial charge in [0.2, 0.25) is 0 Å². The molecule has 1 heterocycles. The first-order chi connectivity index (χ1) is 8.82. The first-order valence-electron chi connectivity index (χ1n) is 6.34. The molecule has 0 fully saturated rings. The van der Waals surface area contributed by atoms with Crippen LogP contribution in [0.3, 0.4) is 0 Å². The number of aromatic nitrogens is 2. The van der Waals surface area contributed by atoms with E-state index >= 15 is 0 Å². The minimum atomic E-state index is -0.268. The molecule has 2 rings (SSSR count). The van der Waals surface area contributed by atoms with E-state index in [-0.39, 0.29) is 11.5 Å². The Morgan fingerprint density at radius 2 is 1.89 bits per heavy atom. The van der Waals surface area contributed by atoms with E-state index in [0.717, 1.165) is 11.3 Å². The molecule has 0 saturated carbocycles. The second kappa shape index (κ2) is 4.99. The van der Waals surface area contributed by atoms with Gasteiger partial charge in [0.1, 0.15) is 0 Å². The normalized spacial score (nSPS) is 13.6. The van der Waals surface area contributed by atoms with E-state index in [2.05, 4.69) is 38.0 Å². The minimum Gasteiger partial charge on any atom is -0.319 e. The summed E-state index contributed by atoms with van der Waals surface area (Å²) in [7, 11) is 1.86. The second-order valence-electron chi connectivity index (χ2n) is 5.82. The molecule has 2 N–H and O–H groups in total. The fourth-order valence-electron chi connectivity index (χ4n) is 2.37. The van der Waals surface area contributed by atoms with E-state index in [9.17, 15) is 0 Å². The van der Waals surface area contributed by atoms with E-state index in [1.807, 2.05) is 19.2 Å². The lowest BCUT2D eigenvalue weighted by Crippen LogP contribution is -2.22. The van der Waals surface area contributed by atoms with E-state index in [1.54, 1.807) is 10.9 Å². The highest BCUT2D eigenvalue weighted by molar-refractivity contribution is 6.31. The molecule has 19 heavy (non-hydrogen) atoms. The van der Waals surface area contributed by atoms with Crippen molar-refractivity contribution in [3.05, 3.63) is 52.3 Å². The summed E-state index contributed by atoms with van der Waals surface area (Å²) in [6.45, 7) is 6.55. The van der Waals surface area contributed by atoms with Gasteiger partial charge in [-0.2, -0.15) is 5.10 Å². The van der Waals surface area contributed by atoms with Gasteiger partial charge in [0.15, 0.2) is 0 Å². The second-order valence-corrected chi connectivity index (χ2v) is 6.22. The van der Waals surface area contributed by atoms with Gasteiger partial charge in [-0.25, -0.2) is 0 Å². The molecule has 0 aliphatic heterocycles. The molecule has 102 valence electrons. The number of nitrogens with two attached hydrogens (primary N) is 1. The standard InChI is InChI=1S/C15H20ClN3/c1-15(2,3)11-8-6-5-7-10(11)13(17)14-12(16)9-18-19(14)4/h5-9,13H,17H2,1-4H3. The monoisotopic (exact) mass is 277 g/mol. The molecule has 0 saturated heterocycles. The zero-order chi connectivity index (χ0) is 14.2. The third kappa shape index (κ3) is 2.67. The first kappa shape index (κ1) is 14.1. The van der Waals surface area contributed by atoms with Crippen LogP contribution in [0.1, 0.15) is 43.6 Å². The van der Waals surface area contributed by atoms with Crippen LogP contribution in [0.25, 0.3) is 0 Å². The average molecular weight is 278 g/mol. The van der Waals surface area contributed by atoms with Crippen molar-refractivity contribution in [1.82, 2.24) is 9.78 Å². The van der Waals surface area contributed by atoms with Crippen LogP contribution in [-0.2, 0) is 12.5 Å². The molecule has 0 aliphatic carbocycles. The molecule has 3 nitrogen and oxygen atoms in total. The number of hydrogen-bond acceptors (Lipinski definition) is 2. The van der Waals surface area contributed by atoms with E-state index in [1.165, 1.54) is 5.56 Å². The molecule has 2 aromatic rings. The molecule has 0 spiro atoms. The molecule has 1 aromatic carbocycles. The van der Waals surface area contributed by atoms with Crippen molar-refractivity contribution in [2.45, 2.75) is 32.2 Å². The zero-order valence-corrected chi connectivity index (χ0v) is 12.6. The third-order valence-corrected chi connectivity index (χ3v) is 3.63. The van der Waals surface area contributed by atoms with Crippen molar-refractivity contribution in [3.8, 4) is 0 Å². The Morgan fingerprint density at radius 3 is 2.42 bits per heavy atom. The Bertz CT molecular complexity index is 562. The first-order valence-corrected chi connectivity index (χ1v) is 6.72. The predicted octanol–water partition coefficient (Wildman–Crippen LogP) is 3.42. The molecule has 0 bridgehead atoms. The predicted molar refractivity (Wildman–Crippen MR) is 79.4 cm³/mol. The summed E-state index contributed by atoms with van der Waals surface area (Å²) < 4.78 is 1.74. The summed E-state index contributed by atoms with van der Waals surface area (Å²) >= 11 is 6.19. The van der Waals surface area contributed by atoms with E-state index in [4.69, 9.17) is 17.3 Å². The summed E-state index contributed by atoms with van der Waals surface area (Å²) in [5, 5.41) is 4.77. The van der Waals surface area contributed by atoms with Crippen molar-refractivity contribution in [1.29, 1.82) is 0 Å². The fourth-order valence-corrected chi connectivity index (χ4v) is 2.65. The topological polar surface area (TPSA) is 43.8 Å². The van der Waals surface area contributed by atoms with Gasteiger partial charge in [-0.1, -0.05) is 56.6 Å². The highest BCUT2D eigenvalue weighted by atomic mass is 35.5. The Balaban J connectivity index is 2.54. The highest BCUT2D eigenvalue weighted by Gasteiger charge is 2.24. The third-order valence-electron chi connectivity index (χ3n) is 3.34. The number of nitrogens with zero attached hydrogens (tertiary/aromatic N) is 2. The summed E-state index contributed by atoms with van der Waals surface area (Å²) in [5.41, 5.74) is 9.63. The van der Waals surface area contributed by atoms with Crippen LogP contribution in [0, 0.1) is 0 Å².